The van der Waals surface area contributed by atoms with E-state index in [4.69, 9.17) is 17.2 Å². The predicted octanol–water partition coefficient (Wildman–Crippen LogP) is 1.07. The van der Waals surface area contributed by atoms with E-state index in [0.29, 0.717) is 28.1 Å². The summed E-state index contributed by atoms with van der Waals surface area (Å²) in [6.45, 7) is 0. The zero-order chi connectivity index (χ0) is 18.2. The maximum Gasteiger partial charge on any atom is 0.203 e. The minimum atomic E-state index is -2.32. The molecule has 0 saturated heterocycles. The summed E-state index contributed by atoms with van der Waals surface area (Å²) in [5.74, 6) is -2.72. The first-order valence-electron chi connectivity index (χ1n) is 7.69. The van der Waals surface area contributed by atoms with Crippen LogP contribution in [0, 0.1) is 0 Å². The Balaban J connectivity index is 2.18. The summed E-state index contributed by atoms with van der Waals surface area (Å²) in [7, 11) is 0. The highest BCUT2D eigenvalue weighted by Crippen LogP contribution is 2.33. The first-order chi connectivity index (χ1) is 11.8. The molecule has 1 atom stereocenters. The highest BCUT2D eigenvalue weighted by atomic mass is 16.5. The van der Waals surface area contributed by atoms with Crippen molar-refractivity contribution in [3.05, 3.63) is 77.4 Å². The summed E-state index contributed by atoms with van der Waals surface area (Å²) in [6.07, 6.45) is 2.64. The van der Waals surface area contributed by atoms with Gasteiger partial charge in [0, 0.05) is 22.5 Å². The van der Waals surface area contributed by atoms with Gasteiger partial charge in [-0.1, -0.05) is 18.2 Å². The van der Waals surface area contributed by atoms with Crippen molar-refractivity contribution >= 4 is 22.7 Å². The smallest absolute Gasteiger partial charge is 0.203 e. The van der Waals surface area contributed by atoms with Crippen LogP contribution in [0.15, 0.2) is 66.3 Å². The molecule has 0 bridgehead atoms. The summed E-state index contributed by atoms with van der Waals surface area (Å²) in [5, 5.41) is 20.2. The molecule has 25 heavy (non-hydrogen) atoms. The van der Waals surface area contributed by atoms with Crippen molar-refractivity contribution in [1.29, 1.82) is 0 Å². The SMILES string of the molecule is Nc1ccc(C(=O)C2=C(c3cccc(N)c3)C=CC(O)(O)C2N)cc1. The minimum Gasteiger partial charge on any atom is -0.399 e. The lowest BCUT2D eigenvalue weighted by molar-refractivity contribution is -0.127. The summed E-state index contributed by atoms with van der Waals surface area (Å²) >= 11 is 0. The van der Waals surface area contributed by atoms with Crippen molar-refractivity contribution < 1.29 is 15.0 Å². The van der Waals surface area contributed by atoms with Gasteiger partial charge in [0.1, 0.15) is 0 Å². The fourth-order valence-electron chi connectivity index (χ4n) is 2.79. The molecule has 6 nitrogen and oxygen atoms in total. The molecule has 2 aromatic rings. The number of Topliss-reactive ketones (excluding diaryl/α,β-unsaturated/α-hetero) is 1. The monoisotopic (exact) mass is 337 g/mol. The first-order valence-corrected chi connectivity index (χ1v) is 7.69. The lowest BCUT2D eigenvalue weighted by atomic mass is 9.82. The average Bonchev–Trinajstić information content (AvgIpc) is 2.57. The van der Waals surface area contributed by atoms with Crippen LogP contribution in [0.4, 0.5) is 11.4 Å². The van der Waals surface area contributed by atoms with Gasteiger partial charge in [-0.05, 0) is 53.6 Å². The van der Waals surface area contributed by atoms with Crippen molar-refractivity contribution in [1.82, 2.24) is 0 Å². The molecule has 0 aromatic heterocycles. The zero-order valence-electron chi connectivity index (χ0n) is 13.4. The number of carbonyl (C=O) groups is 1. The molecule has 0 heterocycles. The second-order valence-electron chi connectivity index (χ2n) is 6.00. The van der Waals surface area contributed by atoms with E-state index in [-0.39, 0.29) is 5.57 Å². The molecule has 128 valence electrons. The van der Waals surface area contributed by atoms with Gasteiger partial charge in [-0.3, -0.25) is 4.79 Å². The molecule has 0 saturated carbocycles. The van der Waals surface area contributed by atoms with Crippen LogP contribution in [-0.4, -0.2) is 27.8 Å². The van der Waals surface area contributed by atoms with Gasteiger partial charge in [0.25, 0.3) is 0 Å². The molecule has 1 aliphatic carbocycles. The maximum atomic E-state index is 13.0. The standard InChI is InChI=1S/C19H19N3O3/c20-13-6-4-11(5-7-13)17(23)16-15(8-9-19(24,25)18(16)22)12-2-1-3-14(21)10-12/h1-10,18,24-25H,20-22H2. The molecule has 6 heteroatoms. The molecule has 1 unspecified atom stereocenters. The van der Waals surface area contributed by atoms with Gasteiger partial charge in [0.15, 0.2) is 5.78 Å². The van der Waals surface area contributed by atoms with E-state index in [1.54, 1.807) is 48.5 Å². The lowest BCUT2D eigenvalue weighted by Gasteiger charge is -2.32. The number of carbonyl (C=O) groups excluding carboxylic acids is 1. The van der Waals surface area contributed by atoms with Gasteiger partial charge in [-0.2, -0.15) is 0 Å². The highest BCUT2D eigenvalue weighted by molar-refractivity contribution is 6.15. The van der Waals surface area contributed by atoms with Crippen LogP contribution in [0.3, 0.4) is 0 Å². The summed E-state index contributed by atoms with van der Waals surface area (Å²) in [4.78, 5) is 13.0. The summed E-state index contributed by atoms with van der Waals surface area (Å²) in [5.41, 5.74) is 20.2. The molecule has 3 rings (SSSR count). The van der Waals surface area contributed by atoms with Gasteiger partial charge in [-0.25, -0.2) is 0 Å². The van der Waals surface area contributed by atoms with E-state index in [0.717, 1.165) is 6.08 Å². The number of anilines is 2. The van der Waals surface area contributed by atoms with Gasteiger partial charge in [0.2, 0.25) is 5.79 Å². The molecular formula is C19H19N3O3. The Morgan fingerprint density at radius 3 is 2.32 bits per heavy atom. The van der Waals surface area contributed by atoms with Crippen LogP contribution in [-0.2, 0) is 0 Å². The van der Waals surface area contributed by atoms with E-state index in [2.05, 4.69) is 0 Å². The van der Waals surface area contributed by atoms with Crippen LogP contribution < -0.4 is 17.2 Å². The number of nitrogen functional groups attached to an aromatic ring is 2. The number of nitrogens with two attached hydrogens (primary N) is 3. The Bertz CT molecular complexity index is 883. The number of allylic oxidation sites excluding steroid dienone is 2. The fraction of sp³-hybridized carbons (Fsp3) is 0.105. The second-order valence-corrected chi connectivity index (χ2v) is 6.00. The van der Waals surface area contributed by atoms with Crippen LogP contribution in [0.5, 0.6) is 0 Å². The Morgan fingerprint density at radius 2 is 1.68 bits per heavy atom. The first kappa shape index (κ1) is 16.9. The van der Waals surface area contributed by atoms with Crippen molar-refractivity contribution in [2.45, 2.75) is 11.8 Å². The normalized spacial score (nSPS) is 19.1. The molecule has 2 aromatic carbocycles. The van der Waals surface area contributed by atoms with Gasteiger partial charge in [0.05, 0.1) is 6.04 Å². The van der Waals surface area contributed by atoms with E-state index in [1.807, 2.05) is 0 Å². The largest absolute Gasteiger partial charge is 0.399 e. The van der Waals surface area contributed by atoms with Gasteiger partial charge in [-0.15, -0.1) is 0 Å². The van der Waals surface area contributed by atoms with Crippen molar-refractivity contribution in [3.63, 3.8) is 0 Å². The summed E-state index contributed by atoms with van der Waals surface area (Å²) < 4.78 is 0. The lowest BCUT2D eigenvalue weighted by Crippen LogP contribution is -2.51. The summed E-state index contributed by atoms with van der Waals surface area (Å²) in [6, 6.07) is 12.0. The number of aliphatic hydroxyl groups is 2. The Morgan fingerprint density at radius 1 is 1.00 bits per heavy atom. The highest BCUT2D eigenvalue weighted by Gasteiger charge is 2.39. The number of hydrogen-bond acceptors (Lipinski definition) is 6. The van der Waals surface area contributed by atoms with Crippen molar-refractivity contribution in [2.24, 2.45) is 5.73 Å². The number of hydrogen-bond donors (Lipinski definition) is 5. The molecule has 1 aliphatic rings. The van der Waals surface area contributed by atoms with Gasteiger partial charge < -0.3 is 27.4 Å². The quantitative estimate of drug-likeness (QED) is 0.323. The van der Waals surface area contributed by atoms with Gasteiger partial charge >= 0.3 is 0 Å². The third-order valence-electron chi connectivity index (χ3n) is 4.17. The average molecular weight is 337 g/mol. The molecule has 0 spiro atoms. The maximum absolute atomic E-state index is 13.0. The van der Waals surface area contributed by atoms with E-state index in [1.165, 1.54) is 6.08 Å². The third-order valence-corrected chi connectivity index (χ3v) is 4.17. The molecule has 0 radical (unpaired) electrons. The molecule has 0 fully saturated rings. The number of rotatable bonds is 3. The zero-order valence-corrected chi connectivity index (χ0v) is 13.4. The molecule has 8 N–H and O–H groups in total. The van der Waals surface area contributed by atoms with Crippen LogP contribution in [0.2, 0.25) is 0 Å². The van der Waals surface area contributed by atoms with Crippen molar-refractivity contribution in [3.8, 4) is 0 Å². The topological polar surface area (TPSA) is 136 Å². The molecular weight excluding hydrogens is 318 g/mol. The van der Waals surface area contributed by atoms with Crippen LogP contribution in [0.25, 0.3) is 5.57 Å². The predicted molar refractivity (Wildman–Crippen MR) is 97.2 cm³/mol. The minimum absolute atomic E-state index is 0.0999. The van der Waals surface area contributed by atoms with E-state index in [9.17, 15) is 15.0 Å². The molecule has 0 amide bonds. The van der Waals surface area contributed by atoms with Crippen LogP contribution in [0.1, 0.15) is 15.9 Å². The fourth-order valence-corrected chi connectivity index (χ4v) is 2.79. The molecule has 0 aliphatic heterocycles. The second kappa shape index (κ2) is 6.18. The van der Waals surface area contributed by atoms with Crippen LogP contribution >= 0.6 is 0 Å². The number of benzene rings is 2. The van der Waals surface area contributed by atoms with Crippen molar-refractivity contribution in [2.75, 3.05) is 11.5 Å². The Kier molecular flexibility index (Phi) is 4.18. The van der Waals surface area contributed by atoms with E-state index < -0.39 is 17.6 Å². The number of ketones is 1. The van der Waals surface area contributed by atoms with E-state index >= 15 is 0 Å². The third kappa shape index (κ3) is 3.18. The Hall–Kier alpha value is -2.93. The Labute approximate surface area is 144 Å².